The molecule has 5 heteroatoms. The predicted octanol–water partition coefficient (Wildman–Crippen LogP) is 3.30. The number of rotatable bonds is 6. The van der Waals surface area contributed by atoms with Gasteiger partial charge in [-0.15, -0.1) is 0 Å². The molecule has 1 aliphatic heterocycles. The summed E-state index contributed by atoms with van der Waals surface area (Å²) < 4.78 is 5.77. The van der Waals surface area contributed by atoms with E-state index in [1.165, 1.54) is 6.92 Å². The lowest BCUT2D eigenvalue weighted by molar-refractivity contribution is -0.126. The van der Waals surface area contributed by atoms with Crippen LogP contribution in [-0.2, 0) is 9.59 Å². The van der Waals surface area contributed by atoms with Gasteiger partial charge in [-0.3, -0.25) is 9.59 Å². The lowest BCUT2D eigenvalue weighted by Crippen LogP contribution is -2.37. The fraction of sp³-hybridized carbons (Fsp3) is 0.333. The second-order valence-corrected chi connectivity index (χ2v) is 6.70. The number of fused-ring (bicyclic) bond motifs is 1. The van der Waals surface area contributed by atoms with E-state index in [1.54, 1.807) is 4.90 Å². The van der Waals surface area contributed by atoms with Gasteiger partial charge in [0.05, 0.1) is 6.61 Å². The first kappa shape index (κ1) is 18.0. The fourth-order valence-corrected chi connectivity index (χ4v) is 3.25. The van der Waals surface area contributed by atoms with E-state index < -0.39 is 6.04 Å². The minimum atomic E-state index is -0.597. The summed E-state index contributed by atoms with van der Waals surface area (Å²) in [5, 5.41) is 2.77. The largest absolute Gasteiger partial charge is 0.494 e. The van der Waals surface area contributed by atoms with Gasteiger partial charge in [0.25, 0.3) is 5.91 Å². The van der Waals surface area contributed by atoms with E-state index in [1.807, 2.05) is 56.3 Å². The van der Waals surface area contributed by atoms with Crippen molar-refractivity contribution >= 4 is 17.5 Å². The van der Waals surface area contributed by atoms with Crippen LogP contribution in [0.5, 0.6) is 5.75 Å². The van der Waals surface area contributed by atoms with Crippen molar-refractivity contribution in [1.29, 1.82) is 0 Å². The Morgan fingerprint density at radius 2 is 1.92 bits per heavy atom. The summed E-state index contributed by atoms with van der Waals surface area (Å²) in [5.41, 5.74) is 3.95. The highest BCUT2D eigenvalue weighted by atomic mass is 16.5. The minimum absolute atomic E-state index is 0.0867. The molecule has 0 radical (unpaired) electrons. The molecule has 136 valence electrons. The Labute approximate surface area is 154 Å². The van der Waals surface area contributed by atoms with Crippen LogP contribution in [0.15, 0.2) is 42.5 Å². The minimum Gasteiger partial charge on any atom is -0.494 e. The molecule has 26 heavy (non-hydrogen) atoms. The first-order valence-corrected chi connectivity index (χ1v) is 8.84. The standard InChI is InChI=1S/C21H24N2O3/c1-14-6-4-7-17(12-14)26-11-5-10-23-19-9-8-15(2)13-18(19)20(21(23)25)22-16(3)24/h4,6-9,12-13,20H,5,10-11H2,1-3H3,(H,22,24). The number of benzene rings is 2. The van der Waals surface area contributed by atoms with Gasteiger partial charge in [0, 0.05) is 24.7 Å². The molecule has 0 fully saturated rings. The van der Waals surface area contributed by atoms with Crippen molar-refractivity contribution < 1.29 is 14.3 Å². The molecule has 1 atom stereocenters. The number of anilines is 1. The molecule has 0 saturated carbocycles. The summed E-state index contributed by atoms with van der Waals surface area (Å²) in [6.45, 7) is 6.52. The quantitative estimate of drug-likeness (QED) is 0.812. The van der Waals surface area contributed by atoms with E-state index in [2.05, 4.69) is 5.32 Å². The van der Waals surface area contributed by atoms with Crippen LogP contribution in [0.25, 0.3) is 0 Å². The molecule has 0 bridgehead atoms. The molecule has 1 heterocycles. The molecule has 0 aromatic heterocycles. The number of ether oxygens (including phenoxy) is 1. The third-order valence-corrected chi connectivity index (χ3v) is 4.43. The van der Waals surface area contributed by atoms with Gasteiger partial charge in [-0.2, -0.15) is 0 Å². The number of hydrogen-bond donors (Lipinski definition) is 1. The van der Waals surface area contributed by atoms with Gasteiger partial charge in [0.1, 0.15) is 11.8 Å². The number of aryl methyl sites for hydroxylation is 2. The van der Waals surface area contributed by atoms with Crippen molar-refractivity contribution in [3.63, 3.8) is 0 Å². The molecule has 2 aromatic rings. The second-order valence-electron chi connectivity index (χ2n) is 6.70. The normalized spacial score (nSPS) is 15.7. The Bertz CT molecular complexity index is 832. The molecule has 1 N–H and O–H groups in total. The lowest BCUT2D eigenvalue weighted by atomic mass is 10.1. The van der Waals surface area contributed by atoms with Crippen LogP contribution < -0.4 is 15.0 Å². The van der Waals surface area contributed by atoms with E-state index in [-0.39, 0.29) is 11.8 Å². The molecule has 2 aromatic carbocycles. The van der Waals surface area contributed by atoms with Crippen LogP contribution in [0.1, 0.15) is 36.1 Å². The van der Waals surface area contributed by atoms with E-state index in [0.29, 0.717) is 19.6 Å². The van der Waals surface area contributed by atoms with Gasteiger partial charge in [-0.1, -0.05) is 29.8 Å². The van der Waals surface area contributed by atoms with Crippen molar-refractivity contribution in [3.8, 4) is 5.75 Å². The van der Waals surface area contributed by atoms with Gasteiger partial charge in [-0.05, 0) is 44.0 Å². The van der Waals surface area contributed by atoms with E-state index in [9.17, 15) is 9.59 Å². The molecular formula is C21H24N2O3. The smallest absolute Gasteiger partial charge is 0.254 e. The molecule has 0 aliphatic carbocycles. The van der Waals surface area contributed by atoms with Crippen molar-refractivity contribution in [1.82, 2.24) is 5.32 Å². The molecular weight excluding hydrogens is 328 g/mol. The monoisotopic (exact) mass is 352 g/mol. The zero-order valence-corrected chi connectivity index (χ0v) is 15.4. The number of carbonyl (C=O) groups excluding carboxylic acids is 2. The van der Waals surface area contributed by atoms with Crippen molar-refractivity contribution in [3.05, 3.63) is 59.2 Å². The Morgan fingerprint density at radius 1 is 1.15 bits per heavy atom. The summed E-state index contributed by atoms with van der Waals surface area (Å²) in [6.07, 6.45) is 0.708. The number of hydrogen-bond acceptors (Lipinski definition) is 3. The molecule has 0 saturated heterocycles. The number of amides is 2. The molecule has 1 unspecified atom stereocenters. The van der Waals surface area contributed by atoms with E-state index >= 15 is 0 Å². The number of nitrogens with zero attached hydrogens (tertiary/aromatic N) is 1. The lowest BCUT2D eigenvalue weighted by Gasteiger charge is -2.18. The first-order valence-electron chi connectivity index (χ1n) is 8.84. The van der Waals surface area contributed by atoms with Crippen molar-refractivity contribution in [2.24, 2.45) is 0 Å². The third-order valence-electron chi connectivity index (χ3n) is 4.43. The Hall–Kier alpha value is -2.82. The summed E-state index contributed by atoms with van der Waals surface area (Å²) >= 11 is 0. The summed E-state index contributed by atoms with van der Waals surface area (Å²) in [4.78, 5) is 26.0. The second kappa shape index (κ2) is 7.60. The fourth-order valence-electron chi connectivity index (χ4n) is 3.25. The van der Waals surface area contributed by atoms with Crippen LogP contribution in [-0.4, -0.2) is 25.0 Å². The van der Waals surface area contributed by atoms with Crippen LogP contribution >= 0.6 is 0 Å². The maximum absolute atomic E-state index is 12.8. The SMILES string of the molecule is CC(=O)NC1C(=O)N(CCCOc2cccc(C)c2)c2ccc(C)cc21. The summed E-state index contributed by atoms with van der Waals surface area (Å²) in [5.74, 6) is 0.543. The van der Waals surface area contributed by atoms with Gasteiger partial charge in [-0.25, -0.2) is 0 Å². The Balaban J connectivity index is 1.66. The van der Waals surface area contributed by atoms with E-state index in [4.69, 9.17) is 4.74 Å². The van der Waals surface area contributed by atoms with E-state index in [0.717, 1.165) is 28.1 Å². The zero-order chi connectivity index (χ0) is 18.7. The zero-order valence-electron chi connectivity index (χ0n) is 15.4. The molecule has 5 nitrogen and oxygen atoms in total. The highest BCUT2D eigenvalue weighted by Gasteiger charge is 2.37. The average molecular weight is 352 g/mol. The highest BCUT2D eigenvalue weighted by molar-refractivity contribution is 6.06. The maximum Gasteiger partial charge on any atom is 0.254 e. The molecule has 2 amide bonds. The van der Waals surface area contributed by atoms with Crippen molar-refractivity contribution in [2.75, 3.05) is 18.1 Å². The first-order chi connectivity index (χ1) is 12.5. The van der Waals surface area contributed by atoms with Crippen molar-refractivity contribution in [2.45, 2.75) is 33.2 Å². The summed E-state index contributed by atoms with van der Waals surface area (Å²) in [7, 11) is 0. The van der Waals surface area contributed by atoms with Gasteiger partial charge >= 0.3 is 0 Å². The van der Waals surface area contributed by atoms with Crippen LogP contribution in [0.3, 0.4) is 0 Å². The number of nitrogens with one attached hydrogen (secondary N) is 1. The Kier molecular flexibility index (Phi) is 5.26. The topological polar surface area (TPSA) is 58.6 Å². The molecule has 3 rings (SSSR count). The van der Waals surface area contributed by atoms with Crippen LogP contribution in [0, 0.1) is 13.8 Å². The number of carbonyl (C=O) groups is 2. The molecule has 1 aliphatic rings. The highest BCUT2D eigenvalue weighted by Crippen LogP contribution is 2.36. The maximum atomic E-state index is 12.8. The summed E-state index contributed by atoms with van der Waals surface area (Å²) in [6, 6.07) is 13.2. The Morgan fingerprint density at radius 3 is 2.65 bits per heavy atom. The van der Waals surface area contributed by atoms with Gasteiger partial charge in [0.2, 0.25) is 5.91 Å². The third kappa shape index (κ3) is 3.87. The van der Waals surface area contributed by atoms with Crippen LogP contribution in [0.2, 0.25) is 0 Å². The van der Waals surface area contributed by atoms with Gasteiger partial charge < -0.3 is 15.0 Å². The van der Waals surface area contributed by atoms with Crippen LogP contribution in [0.4, 0.5) is 5.69 Å². The molecule has 0 spiro atoms. The van der Waals surface area contributed by atoms with Gasteiger partial charge in [0.15, 0.2) is 0 Å². The average Bonchev–Trinajstić information content (AvgIpc) is 2.83. The predicted molar refractivity (Wildman–Crippen MR) is 101 cm³/mol.